The smallest absolute Gasteiger partial charge is 0.433 e. The van der Waals surface area contributed by atoms with E-state index in [1.165, 1.54) is 0 Å². The maximum atomic E-state index is 15.5. The predicted octanol–water partition coefficient (Wildman–Crippen LogP) is 11.0. The summed E-state index contributed by atoms with van der Waals surface area (Å²) in [4.78, 5) is 29.6. The van der Waals surface area contributed by atoms with Crippen molar-refractivity contribution < 1.29 is 19.1 Å². The van der Waals surface area contributed by atoms with Crippen LogP contribution in [0.1, 0.15) is 56.8 Å². The number of esters is 1. The van der Waals surface area contributed by atoms with Crippen LogP contribution in [0.15, 0.2) is 231 Å². The fourth-order valence-electron chi connectivity index (χ4n) is 10.3. The molecule has 67 heavy (non-hydrogen) atoms. The normalized spacial score (nSPS) is 13.1. The molecule has 8 aromatic carbocycles. The van der Waals surface area contributed by atoms with Gasteiger partial charge in [0, 0.05) is 17.9 Å². The molecular weight excluding hydrogens is 829 g/mol. The van der Waals surface area contributed by atoms with E-state index in [0.29, 0.717) is 0 Å². The number of benzene rings is 8. The van der Waals surface area contributed by atoms with Gasteiger partial charge in [-0.15, -0.1) is 0 Å². The summed E-state index contributed by atoms with van der Waals surface area (Å²) in [7, 11) is 0. The minimum absolute atomic E-state index is 0.0233. The summed E-state index contributed by atoms with van der Waals surface area (Å²) in [6.07, 6.45) is -1.01. The van der Waals surface area contributed by atoms with Gasteiger partial charge < -0.3 is 20.5 Å². The molecule has 8 aromatic rings. The SMILES string of the molecule is N=C(N)NCC(C[C@H](NC(c1ccccc1)(c1ccccc1)c1ccccc1)C(=O)OC(=O)OCC1c2ccccc2-c2ccccc21)C(c1ccccc1)(c1ccccc1)c1ccccc1. The third-order valence-electron chi connectivity index (χ3n) is 13.2. The van der Waals surface area contributed by atoms with Crippen molar-refractivity contribution in [2.75, 3.05) is 13.2 Å². The molecule has 9 rings (SSSR count). The summed E-state index contributed by atoms with van der Waals surface area (Å²) in [6.45, 7) is 0.143. The Morgan fingerprint density at radius 2 is 0.881 bits per heavy atom. The Kier molecular flexibility index (Phi) is 13.2. The summed E-state index contributed by atoms with van der Waals surface area (Å²) in [6, 6.07) is 75.6. The quantitative estimate of drug-likeness (QED) is 0.0250. The van der Waals surface area contributed by atoms with Gasteiger partial charge in [-0.2, -0.15) is 0 Å². The van der Waals surface area contributed by atoms with E-state index in [-0.39, 0.29) is 31.4 Å². The van der Waals surface area contributed by atoms with Crippen molar-refractivity contribution in [1.82, 2.24) is 10.6 Å². The van der Waals surface area contributed by atoms with Crippen molar-refractivity contribution in [3.05, 3.63) is 275 Å². The van der Waals surface area contributed by atoms with Crippen LogP contribution in [-0.4, -0.2) is 37.3 Å². The largest absolute Gasteiger partial charge is 0.516 e. The zero-order valence-corrected chi connectivity index (χ0v) is 37.0. The van der Waals surface area contributed by atoms with Gasteiger partial charge in [-0.1, -0.05) is 231 Å². The number of carbonyl (C=O) groups is 2. The van der Waals surface area contributed by atoms with Gasteiger partial charge >= 0.3 is 12.1 Å². The lowest BCUT2D eigenvalue weighted by Crippen LogP contribution is -2.56. The summed E-state index contributed by atoms with van der Waals surface area (Å²) >= 11 is 0. The fraction of sp³-hybridized carbons (Fsp3) is 0.136. The third-order valence-corrected chi connectivity index (χ3v) is 13.2. The Balaban J connectivity index is 1.19. The highest BCUT2D eigenvalue weighted by molar-refractivity contribution is 5.86. The van der Waals surface area contributed by atoms with Gasteiger partial charge in [-0.25, -0.2) is 9.59 Å². The Morgan fingerprint density at radius 3 is 1.27 bits per heavy atom. The second-order valence-corrected chi connectivity index (χ2v) is 16.9. The van der Waals surface area contributed by atoms with E-state index in [2.05, 4.69) is 59.2 Å². The van der Waals surface area contributed by atoms with Crippen LogP contribution in [-0.2, 0) is 25.2 Å². The third kappa shape index (κ3) is 8.87. The van der Waals surface area contributed by atoms with Crippen molar-refractivity contribution in [1.29, 1.82) is 5.41 Å². The minimum Gasteiger partial charge on any atom is -0.433 e. The number of carbonyl (C=O) groups excluding carboxylic acids is 2. The number of ether oxygens (including phenoxy) is 2. The first kappa shape index (κ1) is 44.1. The van der Waals surface area contributed by atoms with Crippen LogP contribution in [0.2, 0.25) is 0 Å². The first-order chi connectivity index (χ1) is 32.9. The highest BCUT2D eigenvalue weighted by Gasteiger charge is 2.48. The predicted molar refractivity (Wildman–Crippen MR) is 265 cm³/mol. The lowest BCUT2D eigenvalue weighted by atomic mass is 9.60. The van der Waals surface area contributed by atoms with Crippen LogP contribution >= 0.6 is 0 Å². The number of nitrogens with two attached hydrogens (primary N) is 1. The number of guanidine groups is 1. The molecular formula is C59H52N4O4. The maximum absolute atomic E-state index is 15.5. The van der Waals surface area contributed by atoms with Gasteiger partial charge in [-0.3, -0.25) is 10.7 Å². The molecule has 0 heterocycles. The lowest BCUT2D eigenvalue weighted by molar-refractivity contribution is -0.143. The molecule has 0 saturated heterocycles. The van der Waals surface area contributed by atoms with Crippen molar-refractivity contribution in [2.45, 2.75) is 29.3 Å². The molecule has 0 bridgehead atoms. The number of rotatable bonds is 16. The van der Waals surface area contributed by atoms with Crippen molar-refractivity contribution in [2.24, 2.45) is 11.7 Å². The molecule has 1 unspecified atom stereocenters. The molecule has 0 aliphatic heterocycles. The van der Waals surface area contributed by atoms with Crippen molar-refractivity contribution >= 4 is 18.1 Å². The summed E-state index contributed by atoms with van der Waals surface area (Å²) in [5, 5.41) is 15.5. The van der Waals surface area contributed by atoms with Gasteiger partial charge in [0.2, 0.25) is 0 Å². The number of hydrogen-bond acceptors (Lipinski definition) is 6. The molecule has 2 atom stereocenters. The molecule has 0 amide bonds. The van der Waals surface area contributed by atoms with Crippen molar-refractivity contribution in [3.63, 3.8) is 0 Å². The average Bonchev–Trinajstić information content (AvgIpc) is 3.71. The van der Waals surface area contributed by atoms with Crippen LogP contribution in [0.5, 0.6) is 0 Å². The number of hydrogen-bond donors (Lipinski definition) is 4. The molecule has 1 aliphatic carbocycles. The zero-order chi connectivity index (χ0) is 46.1. The summed E-state index contributed by atoms with van der Waals surface area (Å²) in [5.74, 6) is -1.81. The Morgan fingerprint density at radius 1 is 0.522 bits per heavy atom. The van der Waals surface area contributed by atoms with Gasteiger partial charge in [0.05, 0.1) is 5.54 Å². The molecule has 0 spiro atoms. The zero-order valence-electron chi connectivity index (χ0n) is 37.0. The van der Waals surface area contributed by atoms with E-state index in [9.17, 15) is 4.79 Å². The first-order valence-corrected chi connectivity index (χ1v) is 22.6. The molecule has 0 radical (unpaired) electrons. The average molecular weight is 881 g/mol. The highest BCUT2D eigenvalue weighted by Crippen LogP contribution is 2.48. The second kappa shape index (κ2) is 20.0. The van der Waals surface area contributed by atoms with E-state index in [1.54, 1.807) is 0 Å². The van der Waals surface area contributed by atoms with Crippen LogP contribution < -0.4 is 16.4 Å². The molecule has 1 aliphatic rings. The van der Waals surface area contributed by atoms with E-state index < -0.39 is 35.0 Å². The van der Waals surface area contributed by atoms with Crippen LogP contribution in [0.4, 0.5) is 4.79 Å². The molecule has 332 valence electrons. The fourth-order valence-corrected chi connectivity index (χ4v) is 10.3. The van der Waals surface area contributed by atoms with Gasteiger partial charge in [-0.05, 0) is 68.0 Å². The Labute approximate surface area is 392 Å². The van der Waals surface area contributed by atoms with Crippen LogP contribution in [0.25, 0.3) is 11.1 Å². The Hall–Kier alpha value is -8.07. The van der Waals surface area contributed by atoms with Gasteiger partial charge in [0.25, 0.3) is 0 Å². The maximum Gasteiger partial charge on any atom is 0.516 e. The van der Waals surface area contributed by atoms with Gasteiger partial charge in [0.15, 0.2) is 5.96 Å². The molecule has 8 nitrogen and oxygen atoms in total. The van der Waals surface area contributed by atoms with Gasteiger partial charge in [0.1, 0.15) is 12.6 Å². The topological polar surface area (TPSA) is 127 Å². The van der Waals surface area contributed by atoms with E-state index >= 15 is 4.79 Å². The second-order valence-electron chi connectivity index (χ2n) is 16.9. The van der Waals surface area contributed by atoms with E-state index in [4.69, 9.17) is 20.6 Å². The standard InChI is InChI=1S/C59H52N4O4/c60-56(61)62-40-48(58(42-23-7-1-8-24-42,43-25-9-2-10-26-43)44-27-11-3-12-28-44)39-54(55(64)67-57(65)66-41-53-51-37-21-19-35-49(51)50-36-20-22-38-52(50)53)63-59(45-29-13-4-14-30-45,46-31-15-5-16-32-46)47-33-17-6-18-34-47/h1-38,48,53-54,63H,39-41H2,(H4,60,61,62)/t48?,54-/m0/s1. The monoisotopic (exact) mass is 880 g/mol. The van der Waals surface area contributed by atoms with Crippen LogP contribution in [0, 0.1) is 11.3 Å². The molecule has 0 aromatic heterocycles. The first-order valence-electron chi connectivity index (χ1n) is 22.6. The van der Waals surface area contributed by atoms with Crippen molar-refractivity contribution in [3.8, 4) is 11.1 Å². The summed E-state index contributed by atoms with van der Waals surface area (Å²) in [5.41, 5.74) is 13.8. The lowest BCUT2D eigenvalue weighted by Gasteiger charge is -2.45. The van der Waals surface area contributed by atoms with Crippen LogP contribution in [0.3, 0.4) is 0 Å². The molecule has 8 heteroatoms. The molecule has 0 fully saturated rings. The number of nitrogens with one attached hydrogen (secondary N) is 3. The van der Waals surface area contributed by atoms with E-state index in [1.807, 2.05) is 182 Å². The molecule has 0 saturated carbocycles. The Bertz CT molecular complexity index is 2680. The number of fused-ring (bicyclic) bond motifs is 3. The minimum atomic E-state index is -1.18. The van der Waals surface area contributed by atoms with E-state index in [0.717, 1.165) is 55.6 Å². The summed E-state index contributed by atoms with van der Waals surface area (Å²) < 4.78 is 11.8. The molecule has 5 N–H and O–H groups in total. The highest BCUT2D eigenvalue weighted by atomic mass is 16.7.